The standard InChI is InChI=1S/C18H29BrN4O2Si/c1-13-10-16(20-15-11-14(19)12-22(5)17(15)24)21-23(13)8-9-25-26(6,7)18(2,3)4/h10-12H,8-9H2,1-7H3,(H,20,21). The lowest BCUT2D eigenvalue weighted by atomic mass is 10.2. The van der Waals surface area contributed by atoms with Crippen LogP contribution in [-0.2, 0) is 18.0 Å². The van der Waals surface area contributed by atoms with Crippen molar-refractivity contribution < 1.29 is 4.43 Å². The number of nitrogens with one attached hydrogen (secondary N) is 1. The molecule has 2 aromatic rings. The Hall–Kier alpha value is -1.38. The van der Waals surface area contributed by atoms with Gasteiger partial charge in [0.25, 0.3) is 5.56 Å². The molecule has 0 amide bonds. The van der Waals surface area contributed by atoms with Crippen LogP contribution in [-0.4, -0.2) is 29.3 Å². The Morgan fingerprint density at radius 2 is 1.96 bits per heavy atom. The van der Waals surface area contributed by atoms with Gasteiger partial charge in [0.2, 0.25) is 0 Å². The molecule has 26 heavy (non-hydrogen) atoms. The minimum atomic E-state index is -1.76. The predicted molar refractivity (Wildman–Crippen MR) is 113 cm³/mol. The van der Waals surface area contributed by atoms with E-state index in [-0.39, 0.29) is 10.6 Å². The summed E-state index contributed by atoms with van der Waals surface area (Å²) in [5.41, 5.74) is 1.42. The third-order valence-corrected chi connectivity index (χ3v) is 9.94. The van der Waals surface area contributed by atoms with Crippen LogP contribution in [0.2, 0.25) is 18.1 Å². The van der Waals surface area contributed by atoms with Crippen molar-refractivity contribution in [3.05, 3.63) is 38.9 Å². The van der Waals surface area contributed by atoms with Gasteiger partial charge in [-0.3, -0.25) is 9.48 Å². The molecule has 0 aliphatic heterocycles. The molecule has 0 aromatic carbocycles. The van der Waals surface area contributed by atoms with Gasteiger partial charge in [-0.15, -0.1) is 0 Å². The van der Waals surface area contributed by atoms with Gasteiger partial charge in [0.15, 0.2) is 14.1 Å². The molecule has 0 aliphatic carbocycles. The second-order valence-electron chi connectivity index (χ2n) is 8.12. The lowest BCUT2D eigenvalue weighted by Gasteiger charge is -2.36. The van der Waals surface area contributed by atoms with E-state index in [1.807, 2.05) is 17.7 Å². The molecule has 0 fully saturated rings. The van der Waals surface area contributed by atoms with Gasteiger partial charge in [-0.2, -0.15) is 5.10 Å². The van der Waals surface area contributed by atoms with E-state index in [0.717, 1.165) is 10.2 Å². The molecule has 0 aliphatic rings. The first-order valence-electron chi connectivity index (χ1n) is 8.72. The second-order valence-corrected chi connectivity index (χ2v) is 13.8. The molecule has 0 unspecified atom stereocenters. The highest BCUT2D eigenvalue weighted by molar-refractivity contribution is 9.10. The van der Waals surface area contributed by atoms with Crippen LogP contribution in [0.5, 0.6) is 0 Å². The van der Waals surface area contributed by atoms with Crippen molar-refractivity contribution in [3.63, 3.8) is 0 Å². The Kier molecular flexibility index (Phi) is 6.19. The van der Waals surface area contributed by atoms with E-state index in [4.69, 9.17) is 4.43 Å². The molecule has 0 atom stereocenters. The zero-order chi connectivity index (χ0) is 19.7. The molecule has 0 radical (unpaired) electrons. The van der Waals surface area contributed by atoms with Gasteiger partial charge >= 0.3 is 0 Å². The molecule has 2 aromatic heterocycles. The maximum absolute atomic E-state index is 12.2. The highest BCUT2D eigenvalue weighted by Gasteiger charge is 2.36. The number of halogens is 1. The minimum Gasteiger partial charge on any atom is -0.415 e. The van der Waals surface area contributed by atoms with E-state index in [9.17, 15) is 4.79 Å². The zero-order valence-electron chi connectivity index (χ0n) is 16.7. The van der Waals surface area contributed by atoms with Crippen molar-refractivity contribution in [2.24, 2.45) is 7.05 Å². The summed E-state index contributed by atoms with van der Waals surface area (Å²) in [6.07, 6.45) is 1.73. The molecule has 1 N–H and O–H groups in total. The molecule has 144 valence electrons. The van der Waals surface area contributed by atoms with Gasteiger partial charge in [0, 0.05) is 29.5 Å². The van der Waals surface area contributed by atoms with E-state index < -0.39 is 8.32 Å². The summed E-state index contributed by atoms with van der Waals surface area (Å²) < 4.78 is 10.5. The van der Waals surface area contributed by atoms with Crippen LogP contribution in [0, 0.1) is 6.92 Å². The van der Waals surface area contributed by atoms with Crippen molar-refractivity contribution in [1.29, 1.82) is 0 Å². The average Bonchev–Trinajstić information content (AvgIpc) is 2.83. The number of hydrogen-bond donors (Lipinski definition) is 1. The van der Waals surface area contributed by atoms with Gasteiger partial charge in [0.05, 0.1) is 13.2 Å². The number of hydrogen-bond acceptors (Lipinski definition) is 4. The van der Waals surface area contributed by atoms with Gasteiger partial charge in [-0.1, -0.05) is 20.8 Å². The summed E-state index contributed by atoms with van der Waals surface area (Å²) in [6, 6.07) is 3.70. The fourth-order valence-electron chi connectivity index (χ4n) is 2.30. The van der Waals surface area contributed by atoms with Crippen molar-refractivity contribution in [2.75, 3.05) is 11.9 Å². The fraction of sp³-hybridized carbons (Fsp3) is 0.556. The topological polar surface area (TPSA) is 61.1 Å². The van der Waals surface area contributed by atoms with Crippen LogP contribution in [0.1, 0.15) is 26.5 Å². The Balaban J connectivity index is 2.07. The van der Waals surface area contributed by atoms with Crippen LogP contribution in [0.15, 0.2) is 27.6 Å². The second kappa shape index (κ2) is 7.70. The lowest BCUT2D eigenvalue weighted by molar-refractivity contribution is 0.265. The first kappa shape index (κ1) is 20.9. The van der Waals surface area contributed by atoms with Crippen LogP contribution < -0.4 is 10.9 Å². The summed E-state index contributed by atoms with van der Waals surface area (Å²) in [5.74, 6) is 0.657. The summed E-state index contributed by atoms with van der Waals surface area (Å²) >= 11 is 3.41. The molecule has 0 spiro atoms. The van der Waals surface area contributed by atoms with Crippen LogP contribution in [0.4, 0.5) is 11.5 Å². The highest BCUT2D eigenvalue weighted by Crippen LogP contribution is 2.36. The normalized spacial score (nSPS) is 12.5. The van der Waals surface area contributed by atoms with E-state index in [0.29, 0.717) is 24.7 Å². The molecule has 0 saturated heterocycles. The average molecular weight is 441 g/mol. The number of rotatable bonds is 6. The monoisotopic (exact) mass is 440 g/mol. The largest absolute Gasteiger partial charge is 0.415 e. The number of nitrogens with zero attached hydrogens (tertiary/aromatic N) is 3. The molecule has 8 heteroatoms. The van der Waals surface area contributed by atoms with Crippen molar-refractivity contribution in [3.8, 4) is 0 Å². The van der Waals surface area contributed by atoms with Gasteiger partial charge in [0.1, 0.15) is 5.69 Å². The van der Waals surface area contributed by atoms with Crippen LogP contribution >= 0.6 is 15.9 Å². The number of pyridine rings is 1. The molecular formula is C18H29BrN4O2Si. The number of anilines is 2. The number of aromatic nitrogens is 3. The molecule has 0 saturated carbocycles. The quantitative estimate of drug-likeness (QED) is 0.675. The summed E-state index contributed by atoms with van der Waals surface area (Å²) in [5, 5.41) is 7.88. The van der Waals surface area contributed by atoms with Gasteiger partial charge < -0.3 is 14.3 Å². The molecule has 0 bridgehead atoms. The van der Waals surface area contributed by atoms with Crippen LogP contribution in [0.3, 0.4) is 0 Å². The molecule has 2 rings (SSSR count). The van der Waals surface area contributed by atoms with E-state index in [1.165, 1.54) is 4.57 Å². The summed E-state index contributed by atoms with van der Waals surface area (Å²) in [7, 11) is -0.0338. The van der Waals surface area contributed by atoms with E-state index in [1.54, 1.807) is 19.3 Å². The molecular weight excluding hydrogens is 412 g/mol. The van der Waals surface area contributed by atoms with E-state index >= 15 is 0 Å². The highest BCUT2D eigenvalue weighted by atomic mass is 79.9. The van der Waals surface area contributed by atoms with Crippen molar-refractivity contribution in [2.45, 2.75) is 52.4 Å². The smallest absolute Gasteiger partial charge is 0.274 e. The maximum atomic E-state index is 12.2. The lowest BCUT2D eigenvalue weighted by Crippen LogP contribution is -2.41. The fourth-order valence-corrected chi connectivity index (χ4v) is 3.87. The van der Waals surface area contributed by atoms with E-state index in [2.05, 4.69) is 60.2 Å². The minimum absolute atomic E-state index is 0.0957. The Labute approximate surface area is 164 Å². The van der Waals surface area contributed by atoms with Gasteiger partial charge in [-0.25, -0.2) is 0 Å². The molecule has 2 heterocycles. The summed E-state index contributed by atoms with van der Waals surface area (Å²) in [6.45, 7) is 14.5. The zero-order valence-corrected chi connectivity index (χ0v) is 19.3. The molecule has 6 nitrogen and oxygen atoms in total. The Morgan fingerprint density at radius 1 is 1.31 bits per heavy atom. The van der Waals surface area contributed by atoms with Gasteiger partial charge in [-0.05, 0) is 47.1 Å². The Morgan fingerprint density at radius 3 is 2.58 bits per heavy atom. The van der Waals surface area contributed by atoms with Crippen molar-refractivity contribution >= 4 is 35.8 Å². The SMILES string of the molecule is Cc1cc(Nc2cc(Br)cn(C)c2=O)nn1CCO[Si](C)(C)C(C)(C)C. The third-order valence-electron chi connectivity index (χ3n) is 4.97. The summed E-state index contributed by atoms with van der Waals surface area (Å²) in [4.78, 5) is 12.2. The first-order valence-corrected chi connectivity index (χ1v) is 12.4. The third kappa shape index (κ3) is 4.86. The van der Waals surface area contributed by atoms with Crippen molar-refractivity contribution in [1.82, 2.24) is 14.3 Å². The maximum Gasteiger partial charge on any atom is 0.274 e. The predicted octanol–water partition coefficient (Wildman–Crippen LogP) is 4.42. The van der Waals surface area contributed by atoms with Crippen LogP contribution in [0.25, 0.3) is 0 Å². The first-order chi connectivity index (χ1) is 11.9. The Bertz CT molecular complexity index is 837. The number of aryl methyl sites for hydroxylation is 2.